The third-order valence-corrected chi connectivity index (χ3v) is 8.10. The number of hydrogen-bond donors (Lipinski definition) is 2. The van der Waals surface area contributed by atoms with Crippen LogP contribution in [0.5, 0.6) is 5.75 Å². The Balaban J connectivity index is 1.74. The van der Waals surface area contributed by atoms with Crippen molar-refractivity contribution in [2.75, 3.05) is 11.4 Å². The van der Waals surface area contributed by atoms with E-state index < -0.39 is 44.0 Å². The number of ether oxygens (including phenoxy) is 1. The summed E-state index contributed by atoms with van der Waals surface area (Å²) in [7, 11) is -4.50. The summed E-state index contributed by atoms with van der Waals surface area (Å²) in [5, 5.41) is 0. The number of sulfonamides is 1. The van der Waals surface area contributed by atoms with Crippen molar-refractivity contribution in [2.45, 2.75) is 44.0 Å². The molecular formula is C25H25F3N4O5S. The molecule has 2 aromatic heterocycles. The summed E-state index contributed by atoms with van der Waals surface area (Å²) >= 11 is 0. The maximum atomic E-state index is 13.2. The standard InChI is InChI=1S/C25H25F3N4O5S/c1-15-12-14-32(24(15,2)3)21-18(22(33)31-38(35,36)20-5-4-13-29-23(20)34)10-11-19(30-21)16-6-8-17(9-7-16)37-25(26,27)28/h4-11,13,15H,12,14H2,1-3H3,(H,29,34)(H,31,33). The van der Waals surface area contributed by atoms with Gasteiger partial charge < -0.3 is 14.6 Å². The number of nitrogens with zero attached hydrogens (tertiary/aromatic N) is 2. The molecule has 0 spiro atoms. The predicted molar refractivity (Wildman–Crippen MR) is 133 cm³/mol. The summed E-state index contributed by atoms with van der Waals surface area (Å²) < 4.78 is 69.0. The molecule has 3 aromatic rings. The number of aromatic nitrogens is 2. The normalized spacial score (nSPS) is 17.3. The topological polar surface area (TPSA) is 121 Å². The van der Waals surface area contributed by atoms with Crippen LogP contribution in [0, 0.1) is 5.92 Å². The van der Waals surface area contributed by atoms with Crippen molar-refractivity contribution in [2.24, 2.45) is 5.92 Å². The minimum atomic E-state index is -4.83. The lowest BCUT2D eigenvalue weighted by Crippen LogP contribution is -2.44. The molecule has 202 valence electrons. The van der Waals surface area contributed by atoms with Crippen LogP contribution in [0.15, 0.2) is 64.4 Å². The predicted octanol–water partition coefficient (Wildman–Crippen LogP) is 4.08. The monoisotopic (exact) mass is 550 g/mol. The van der Waals surface area contributed by atoms with Crippen LogP contribution >= 0.6 is 0 Å². The van der Waals surface area contributed by atoms with Gasteiger partial charge in [-0.15, -0.1) is 13.2 Å². The van der Waals surface area contributed by atoms with E-state index in [0.717, 1.165) is 24.6 Å². The zero-order valence-corrected chi connectivity index (χ0v) is 21.5. The second-order valence-electron chi connectivity index (χ2n) is 9.43. The lowest BCUT2D eigenvalue weighted by Gasteiger charge is -2.36. The summed E-state index contributed by atoms with van der Waals surface area (Å²) in [4.78, 5) is 33.4. The number of H-pyrrole nitrogens is 1. The van der Waals surface area contributed by atoms with Gasteiger partial charge in [-0.1, -0.05) is 6.92 Å². The summed E-state index contributed by atoms with van der Waals surface area (Å²) in [6.07, 6.45) is -2.77. The van der Waals surface area contributed by atoms with Crippen LogP contribution < -0.4 is 19.9 Å². The molecule has 2 N–H and O–H groups in total. The minimum absolute atomic E-state index is 0.0381. The van der Waals surface area contributed by atoms with Crippen LogP contribution in [0.4, 0.5) is 19.0 Å². The molecule has 13 heteroatoms. The maximum Gasteiger partial charge on any atom is 0.573 e. The number of hydrogen-bond acceptors (Lipinski definition) is 7. The van der Waals surface area contributed by atoms with Crippen molar-refractivity contribution in [1.29, 1.82) is 0 Å². The summed E-state index contributed by atoms with van der Waals surface area (Å²) in [5.74, 6) is -0.948. The van der Waals surface area contributed by atoms with Gasteiger partial charge in [-0.05, 0) is 74.7 Å². The first-order valence-corrected chi connectivity index (χ1v) is 13.1. The minimum Gasteiger partial charge on any atom is -0.406 e. The molecule has 1 unspecified atom stereocenters. The maximum absolute atomic E-state index is 13.2. The van der Waals surface area contributed by atoms with Gasteiger partial charge in [0, 0.05) is 23.8 Å². The summed E-state index contributed by atoms with van der Waals surface area (Å²) in [6, 6.07) is 10.4. The van der Waals surface area contributed by atoms with Crippen molar-refractivity contribution in [1.82, 2.24) is 14.7 Å². The van der Waals surface area contributed by atoms with Crippen LogP contribution in [-0.4, -0.2) is 42.7 Å². The molecule has 1 atom stereocenters. The molecule has 38 heavy (non-hydrogen) atoms. The van der Waals surface area contributed by atoms with Gasteiger partial charge in [0.1, 0.15) is 11.6 Å². The molecule has 1 aromatic carbocycles. The van der Waals surface area contributed by atoms with Gasteiger partial charge in [-0.25, -0.2) is 18.1 Å². The van der Waals surface area contributed by atoms with Crippen molar-refractivity contribution >= 4 is 21.7 Å². The van der Waals surface area contributed by atoms with E-state index >= 15 is 0 Å². The average Bonchev–Trinajstić information content (AvgIpc) is 3.10. The molecule has 0 radical (unpaired) electrons. The number of rotatable bonds is 6. The zero-order chi connectivity index (χ0) is 27.9. The number of aromatic amines is 1. The highest BCUT2D eigenvalue weighted by atomic mass is 32.2. The number of carbonyl (C=O) groups is 1. The van der Waals surface area contributed by atoms with Crippen molar-refractivity contribution in [3.63, 3.8) is 0 Å². The molecule has 3 heterocycles. The number of halogens is 3. The fourth-order valence-electron chi connectivity index (χ4n) is 4.28. The molecule has 1 amide bonds. The smallest absolute Gasteiger partial charge is 0.406 e. The van der Waals surface area contributed by atoms with E-state index in [9.17, 15) is 31.2 Å². The number of benzene rings is 1. The lowest BCUT2D eigenvalue weighted by molar-refractivity contribution is -0.274. The van der Waals surface area contributed by atoms with Crippen LogP contribution in [0.2, 0.25) is 0 Å². The van der Waals surface area contributed by atoms with Crippen molar-refractivity contribution in [3.05, 3.63) is 70.6 Å². The van der Waals surface area contributed by atoms with E-state index in [1.54, 1.807) is 0 Å². The third-order valence-electron chi connectivity index (χ3n) is 6.75. The van der Waals surface area contributed by atoms with Gasteiger partial charge in [0.05, 0.1) is 11.3 Å². The first kappa shape index (κ1) is 27.2. The van der Waals surface area contributed by atoms with E-state index in [4.69, 9.17) is 0 Å². The Labute approximate surface area is 216 Å². The summed E-state index contributed by atoms with van der Waals surface area (Å²) in [6.45, 7) is 6.54. The van der Waals surface area contributed by atoms with Gasteiger partial charge in [0.25, 0.3) is 21.5 Å². The van der Waals surface area contributed by atoms with E-state index in [1.165, 1.54) is 36.5 Å². The average molecular weight is 551 g/mol. The number of pyridine rings is 2. The molecular weight excluding hydrogens is 525 g/mol. The van der Waals surface area contributed by atoms with E-state index in [2.05, 4.69) is 21.6 Å². The molecule has 1 aliphatic rings. The van der Waals surface area contributed by atoms with Crippen LogP contribution in [0.3, 0.4) is 0 Å². The highest BCUT2D eigenvalue weighted by Gasteiger charge is 2.41. The number of anilines is 1. The van der Waals surface area contributed by atoms with Gasteiger partial charge in [-0.2, -0.15) is 0 Å². The highest BCUT2D eigenvalue weighted by Crippen LogP contribution is 2.39. The van der Waals surface area contributed by atoms with Crippen LogP contribution in [0.25, 0.3) is 11.3 Å². The van der Waals surface area contributed by atoms with Crippen LogP contribution in [-0.2, 0) is 10.0 Å². The fraction of sp³-hybridized carbons (Fsp3) is 0.320. The van der Waals surface area contributed by atoms with Gasteiger partial charge >= 0.3 is 6.36 Å². The first-order valence-electron chi connectivity index (χ1n) is 11.6. The highest BCUT2D eigenvalue weighted by molar-refractivity contribution is 7.90. The Hall–Kier alpha value is -3.87. The number of amides is 1. The number of alkyl halides is 3. The Kier molecular flexibility index (Phi) is 6.99. The molecule has 1 aliphatic heterocycles. The van der Waals surface area contributed by atoms with Gasteiger partial charge in [0.15, 0.2) is 4.90 Å². The zero-order valence-electron chi connectivity index (χ0n) is 20.7. The third kappa shape index (κ3) is 5.52. The largest absolute Gasteiger partial charge is 0.573 e. The molecule has 0 aliphatic carbocycles. The number of nitrogens with one attached hydrogen (secondary N) is 2. The Bertz CT molecular complexity index is 1520. The second-order valence-corrected chi connectivity index (χ2v) is 11.1. The molecule has 1 fully saturated rings. The SMILES string of the molecule is CC1CCN(c2nc(-c3ccc(OC(F)(F)F)cc3)ccc2C(=O)NS(=O)(=O)c2ccc[nH]c2=O)C1(C)C. The summed E-state index contributed by atoms with van der Waals surface area (Å²) in [5.41, 5.74) is -0.549. The molecule has 0 bridgehead atoms. The first-order chi connectivity index (χ1) is 17.7. The van der Waals surface area contributed by atoms with E-state index in [0.29, 0.717) is 17.8 Å². The fourth-order valence-corrected chi connectivity index (χ4v) is 5.30. The molecule has 1 saturated heterocycles. The Morgan fingerprint density at radius 1 is 1.16 bits per heavy atom. The Morgan fingerprint density at radius 2 is 1.84 bits per heavy atom. The van der Waals surface area contributed by atoms with Gasteiger partial charge in [0.2, 0.25) is 0 Å². The molecule has 4 rings (SSSR count). The quantitative estimate of drug-likeness (QED) is 0.474. The Morgan fingerprint density at radius 3 is 2.42 bits per heavy atom. The van der Waals surface area contributed by atoms with E-state index in [-0.39, 0.29) is 17.3 Å². The van der Waals surface area contributed by atoms with Crippen LogP contribution in [0.1, 0.15) is 37.6 Å². The lowest BCUT2D eigenvalue weighted by atomic mass is 9.90. The molecule has 0 saturated carbocycles. The number of carbonyl (C=O) groups excluding carboxylic acids is 1. The second kappa shape index (κ2) is 9.78. The molecule has 9 nitrogen and oxygen atoms in total. The van der Waals surface area contributed by atoms with Crippen molar-refractivity contribution in [3.8, 4) is 17.0 Å². The van der Waals surface area contributed by atoms with E-state index in [1.807, 2.05) is 23.5 Å². The van der Waals surface area contributed by atoms with Crippen molar-refractivity contribution < 1.29 is 31.1 Å². The van der Waals surface area contributed by atoms with Gasteiger partial charge in [-0.3, -0.25) is 9.59 Å².